The van der Waals surface area contributed by atoms with E-state index in [9.17, 15) is 4.79 Å². The molecule has 0 spiro atoms. The van der Waals surface area contributed by atoms with Gasteiger partial charge < -0.3 is 14.7 Å². The molecule has 0 fully saturated rings. The molecular weight excluding hydrogens is 242 g/mol. The van der Waals surface area contributed by atoms with Gasteiger partial charge in [-0.05, 0) is 30.9 Å². The average molecular weight is 263 g/mol. The van der Waals surface area contributed by atoms with E-state index in [4.69, 9.17) is 9.84 Å². The summed E-state index contributed by atoms with van der Waals surface area (Å²) >= 11 is 0. The van der Waals surface area contributed by atoms with Crippen molar-refractivity contribution in [2.24, 2.45) is 5.92 Å². The molecule has 0 saturated heterocycles. The molecule has 1 atom stereocenters. The minimum Gasteiger partial charge on any atom is -0.496 e. The number of hydrogen-bond acceptors (Lipinski definition) is 3. The quantitative estimate of drug-likeness (QED) is 0.906. The first kappa shape index (κ1) is 13.7. The Morgan fingerprint density at radius 2 is 2.26 bits per heavy atom. The molecule has 0 bridgehead atoms. The van der Waals surface area contributed by atoms with Crippen molar-refractivity contribution in [3.05, 3.63) is 23.3 Å². The predicted octanol–water partition coefficient (Wildman–Crippen LogP) is 2.34. The topological polar surface area (TPSA) is 49.8 Å². The lowest BCUT2D eigenvalue weighted by Gasteiger charge is -2.29. The van der Waals surface area contributed by atoms with Crippen LogP contribution in [-0.2, 0) is 17.6 Å². The normalized spacial score (nSPS) is 15.8. The zero-order chi connectivity index (χ0) is 14.0. The number of methoxy groups -OCH3 is 1. The highest BCUT2D eigenvalue weighted by molar-refractivity contribution is 5.71. The van der Waals surface area contributed by atoms with Crippen LogP contribution in [0.2, 0.25) is 0 Å². The van der Waals surface area contributed by atoms with Gasteiger partial charge in [0.05, 0.1) is 13.0 Å². The third-order valence-corrected chi connectivity index (χ3v) is 3.80. The van der Waals surface area contributed by atoms with E-state index in [0.717, 1.165) is 30.7 Å². The molecule has 1 N–H and O–H groups in total. The van der Waals surface area contributed by atoms with E-state index >= 15 is 0 Å². The van der Waals surface area contributed by atoms with E-state index in [1.807, 2.05) is 6.07 Å². The molecule has 0 aromatic heterocycles. The van der Waals surface area contributed by atoms with Gasteiger partial charge in [0.1, 0.15) is 5.75 Å². The van der Waals surface area contributed by atoms with Crippen molar-refractivity contribution in [1.29, 1.82) is 0 Å². The molecule has 0 amide bonds. The Balaban J connectivity index is 2.38. The molecule has 0 aliphatic carbocycles. The summed E-state index contributed by atoms with van der Waals surface area (Å²) in [4.78, 5) is 13.2. The zero-order valence-corrected chi connectivity index (χ0v) is 11.8. The monoisotopic (exact) mass is 263 g/mol. The minimum atomic E-state index is -0.767. The lowest BCUT2D eigenvalue weighted by atomic mass is 9.93. The van der Waals surface area contributed by atoms with Crippen LogP contribution >= 0.6 is 0 Å². The standard InChI is InChI=1S/C15H21NO3/c1-10(15(17)18)9-11-6-7-13-12(14(11)19-3)5-4-8-16(13)2/h6-7,10H,4-5,8-9H2,1-3H3,(H,17,18). The van der Waals surface area contributed by atoms with Crippen molar-refractivity contribution in [3.63, 3.8) is 0 Å². The fraction of sp³-hybridized carbons (Fsp3) is 0.533. The second-order valence-corrected chi connectivity index (χ2v) is 5.22. The molecule has 19 heavy (non-hydrogen) atoms. The van der Waals surface area contributed by atoms with Crippen LogP contribution in [0.25, 0.3) is 0 Å². The highest BCUT2D eigenvalue weighted by Gasteiger charge is 2.22. The van der Waals surface area contributed by atoms with Gasteiger partial charge in [-0.1, -0.05) is 13.0 Å². The largest absolute Gasteiger partial charge is 0.496 e. The summed E-state index contributed by atoms with van der Waals surface area (Å²) in [5.41, 5.74) is 3.41. The first-order chi connectivity index (χ1) is 9.04. The van der Waals surface area contributed by atoms with Crippen LogP contribution in [0.3, 0.4) is 0 Å². The number of carbonyl (C=O) groups is 1. The van der Waals surface area contributed by atoms with Gasteiger partial charge in [-0.15, -0.1) is 0 Å². The highest BCUT2D eigenvalue weighted by atomic mass is 16.5. The van der Waals surface area contributed by atoms with E-state index in [-0.39, 0.29) is 0 Å². The van der Waals surface area contributed by atoms with Gasteiger partial charge in [-0.3, -0.25) is 4.79 Å². The van der Waals surface area contributed by atoms with Crippen LogP contribution in [0.1, 0.15) is 24.5 Å². The molecule has 1 aromatic carbocycles. The van der Waals surface area contributed by atoms with Gasteiger partial charge in [0.2, 0.25) is 0 Å². The Morgan fingerprint density at radius 3 is 2.89 bits per heavy atom. The van der Waals surface area contributed by atoms with E-state index in [0.29, 0.717) is 6.42 Å². The van der Waals surface area contributed by atoms with Crippen molar-refractivity contribution in [2.45, 2.75) is 26.2 Å². The van der Waals surface area contributed by atoms with Crippen LogP contribution in [0.4, 0.5) is 5.69 Å². The number of ether oxygens (including phenoxy) is 1. The van der Waals surface area contributed by atoms with Gasteiger partial charge in [0.25, 0.3) is 0 Å². The maximum absolute atomic E-state index is 11.0. The third-order valence-electron chi connectivity index (χ3n) is 3.80. The summed E-state index contributed by atoms with van der Waals surface area (Å²) in [5.74, 6) is -0.290. The lowest BCUT2D eigenvalue weighted by molar-refractivity contribution is -0.141. The third kappa shape index (κ3) is 2.67. The molecule has 1 unspecified atom stereocenters. The molecule has 104 valence electrons. The maximum Gasteiger partial charge on any atom is 0.306 e. The van der Waals surface area contributed by atoms with E-state index in [2.05, 4.69) is 18.0 Å². The minimum absolute atomic E-state index is 0.395. The molecule has 4 heteroatoms. The second-order valence-electron chi connectivity index (χ2n) is 5.22. The highest BCUT2D eigenvalue weighted by Crippen LogP contribution is 2.37. The van der Waals surface area contributed by atoms with E-state index < -0.39 is 11.9 Å². The molecule has 2 rings (SSSR count). The van der Waals surface area contributed by atoms with E-state index in [1.54, 1.807) is 14.0 Å². The summed E-state index contributed by atoms with van der Waals surface area (Å²) in [5, 5.41) is 9.04. The number of rotatable bonds is 4. The predicted molar refractivity (Wildman–Crippen MR) is 75.1 cm³/mol. The maximum atomic E-state index is 11.0. The number of aliphatic carboxylic acids is 1. The summed E-state index contributed by atoms with van der Waals surface area (Å²) < 4.78 is 5.55. The van der Waals surface area contributed by atoms with Gasteiger partial charge in [-0.25, -0.2) is 0 Å². The molecular formula is C15H21NO3. The SMILES string of the molecule is COc1c(CC(C)C(=O)O)ccc2c1CCCN2C. The number of carboxylic acids is 1. The number of anilines is 1. The van der Waals surface area contributed by atoms with Crippen LogP contribution in [0.5, 0.6) is 5.75 Å². The Morgan fingerprint density at radius 1 is 1.53 bits per heavy atom. The number of fused-ring (bicyclic) bond motifs is 1. The van der Waals surface area contributed by atoms with Crippen LogP contribution in [-0.4, -0.2) is 31.8 Å². The van der Waals surface area contributed by atoms with Gasteiger partial charge >= 0.3 is 5.97 Å². The Hall–Kier alpha value is -1.71. The summed E-state index contributed by atoms with van der Waals surface area (Å²) in [6, 6.07) is 4.08. The van der Waals surface area contributed by atoms with Crippen molar-refractivity contribution in [1.82, 2.24) is 0 Å². The fourth-order valence-electron chi connectivity index (χ4n) is 2.71. The van der Waals surface area contributed by atoms with Crippen molar-refractivity contribution >= 4 is 11.7 Å². The molecule has 1 heterocycles. The average Bonchev–Trinajstić information content (AvgIpc) is 2.38. The Kier molecular flexibility index (Phi) is 3.98. The van der Waals surface area contributed by atoms with E-state index in [1.165, 1.54) is 11.3 Å². The number of carboxylic acid groups (broad SMARTS) is 1. The van der Waals surface area contributed by atoms with Crippen LogP contribution in [0.15, 0.2) is 12.1 Å². The Labute approximate surface area is 114 Å². The summed E-state index contributed by atoms with van der Waals surface area (Å²) in [6.07, 6.45) is 2.62. The molecule has 0 radical (unpaired) electrons. The number of nitrogens with zero attached hydrogens (tertiary/aromatic N) is 1. The molecule has 1 aliphatic rings. The summed E-state index contributed by atoms with van der Waals surface area (Å²) in [6.45, 7) is 2.79. The summed E-state index contributed by atoms with van der Waals surface area (Å²) in [7, 11) is 3.75. The fourth-order valence-corrected chi connectivity index (χ4v) is 2.71. The number of benzene rings is 1. The van der Waals surface area contributed by atoms with Gasteiger partial charge in [-0.2, -0.15) is 0 Å². The second kappa shape index (κ2) is 5.51. The first-order valence-corrected chi connectivity index (χ1v) is 6.67. The van der Waals surface area contributed by atoms with Crippen molar-refractivity contribution < 1.29 is 14.6 Å². The van der Waals surface area contributed by atoms with Crippen molar-refractivity contribution in [3.8, 4) is 5.75 Å². The van der Waals surface area contributed by atoms with Crippen LogP contribution < -0.4 is 9.64 Å². The molecule has 1 aromatic rings. The molecule has 0 saturated carbocycles. The number of hydrogen-bond donors (Lipinski definition) is 1. The Bertz CT molecular complexity index is 485. The van der Waals surface area contributed by atoms with Gasteiger partial charge in [0, 0.05) is 24.8 Å². The molecule has 4 nitrogen and oxygen atoms in total. The lowest BCUT2D eigenvalue weighted by Crippen LogP contribution is -2.25. The van der Waals surface area contributed by atoms with Crippen LogP contribution in [0, 0.1) is 5.92 Å². The molecule has 1 aliphatic heterocycles. The van der Waals surface area contributed by atoms with Gasteiger partial charge in [0.15, 0.2) is 0 Å². The van der Waals surface area contributed by atoms with Crippen molar-refractivity contribution in [2.75, 3.05) is 25.6 Å². The smallest absolute Gasteiger partial charge is 0.306 e. The first-order valence-electron chi connectivity index (χ1n) is 6.67. The zero-order valence-electron chi connectivity index (χ0n) is 11.8.